The van der Waals surface area contributed by atoms with Crippen LogP contribution < -0.4 is 5.32 Å². The van der Waals surface area contributed by atoms with Gasteiger partial charge in [0.05, 0.1) is 16.1 Å². The topological polar surface area (TPSA) is 81.1 Å². The van der Waals surface area contributed by atoms with Gasteiger partial charge in [-0.15, -0.1) is 0 Å². The smallest absolute Gasteiger partial charge is 0.251 e. The van der Waals surface area contributed by atoms with Crippen molar-refractivity contribution in [1.82, 2.24) is 14.9 Å². The van der Waals surface area contributed by atoms with Gasteiger partial charge in [0, 0.05) is 31.0 Å². The van der Waals surface area contributed by atoms with Gasteiger partial charge in [-0.2, -0.15) is 0 Å². The molecule has 146 valence electrons. The lowest BCUT2D eigenvalue weighted by Gasteiger charge is -2.10. The molecule has 0 aliphatic heterocycles. The maximum absolute atomic E-state index is 13.0. The number of rotatable bonds is 7. The Bertz CT molecular complexity index is 1040. The number of hydrogen-bond acceptors (Lipinski definition) is 4. The van der Waals surface area contributed by atoms with Crippen LogP contribution in [0.5, 0.6) is 0 Å². The highest BCUT2D eigenvalue weighted by Crippen LogP contribution is 2.22. The highest BCUT2D eigenvalue weighted by Gasteiger charge is 2.19. The third-order valence-corrected chi connectivity index (χ3v) is 6.00. The SMILES string of the molecule is CC(C)CNC(=O)c1cccc(S(=O)(=O)c2ccc(Cn3ccnc3)cc2)c1. The highest BCUT2D eigenvalue weighted by atomic mass is 32.2. The Morgan fingerprint density at radius 1 is 1.11 bits per heavy atom. The Hall–Kier alpha value is -2.93. The van der Waals surface area contributed by atoms with Gasteiger partial charge in [-0.25, -0.2) is 13.4 Å². The summed E-state index contributed by atoms with van der Waals surface area (Å²) in [6, 6.07) is 12.9. The Morgan fingerprint density at radius 2 is 1.86 bits per heavy atom. The van der Waals surface area contributed by atoms with Crippen molar-refractivity contribution in [1.29, 1.82) is 0 Å². The summed E-state index contributed by atoms with van der Waals surface area (Å²) in [5.74, 6) is 0.0399. The third kappa shape index (κ3) is 4.67. The lowest BCUT2D eigenvalue weighted by Crippen LogP contribution is -2.27. The van der Waals surface area contributed by atoms with Gasteiger partial charge in [-0.05, 0) is 41.8 Å². The van der Waals surface area contributed by atoms with E-state index in [-0.39, 0.29) is 15.7 Å². The first-order valence-electron chi connectivity index (χ1n) is 9.04. The summed E-state index contributed by atoms with van der Waals surface area (Å²) < 4.78 is 27.8. The van der Waals surface area contributed by atoms with E-state index in [2.05, 4.69) is 10.3 Å². The molecule has 7 heteroatoms. The number of nitrogens with one attached hydrogen (secondary N) is 1. The number of aromatic nitrogens is 2. The van der Waals surface area contributed by atoms with Crippen molar-refractivity contribution in [2.75, 3.05) is 6.54 Å². The Balaban J connectivity index is 1.80. The zero-order chi connectivity index (χ0) is 20.1. The van der Waals surface area contributed by atoms with Gasteiger partial charge >= 0.3 is 0 Å². The molecule has 1 N–H and O–H groups in total. The maximum Gasteiger partial charge on any atom is 0.251 e. The van der Waals surface area contributed by atoms with Crippen LogP contribution in [0.15, 0.2) is 77.0 Å². The molecule has 0 aliphatic carbocycles. The van der Waals surface area contributed by atoms with Crippen LogP contribution in [-0.2, 0) is 16.4 Å². The summed E-state index contributed by atoms with van der Waals surface area (Å²) in [6.45, 7) is 5.15. The summed E-state index contributed by atoms with van der Waals surface area (Å²) in [4.78, 5) is 16.5. The molecule has 0 spiro atoms. The number of carbonyl (C=O) groups is 1. The molecule has 6 nitrogen and oxygen atoms in total. The molecule has 0 unspecified atom stereocenters. The van der Waals surface area contributed by atoms with Crippen LogP contribution in [0.2, 0.25) is 0 Å². The van der Waals surface area contributed by atoms with E-state index in [1.807, 2.05) is 24.6 Å². The first kappa shape index (κ1) is 19.8. The van der Waals surface area contributed by atoms with Crippen LogP contribution in [-0.4, -0.2) is 30.4 Å². The number of benzene rings is 2. The summed E-state index contributed by atoms with van der Waals surface area (Å²) >= 11 is 0. The minimum absolute atomic E-state index is 0.104. The quantitative estimate of drug-likeness (QED) is 0.664. The van der Waals surface area contributed by atoms with E-state index in [0.717, 1.165) is 5.56 Å². The van der Waals surface area contributed by atoms with Crippen molar-refractivity contribution in [3.05, 3.63) is 78.4 Å². The van der Waals surface area contributed by atoms with Crippen molar-refractivity contribution >= 4 is 15.7 Å². The van der Waals surface area contributed by atoms with Crippen molar-refractivity contribution < 1.29 is 13.2 Å². The Morgan fingerprint density at radius 3 is 2.50 bits per heavy atom. The fourth-order valence-corrected chi connectivity index (χ4v) is 4.01. The Labute approximate surface area is 165 Å². The number of nitrogens with zero attached hydrogens (tertiary/aromatic N) is 2. The molecule has 3 aromatic rings. The van der Waals surface area contributed by atoms with Crippen molar-refractivity contribution in [2.45, 2.75) is 30.2 Å². The molecule has 0 fully saturated rings. The standard InChI is InChI=1S/C21H23N3O3S/c1-16(2)13-23-21(25)18-4-3-5-20(12-18)28(26,27)19-8-6-17(7-9-19)14-24-11-10-22-15-24/h3-12,15-16H,13-14H2,1-2H3,(H,23,25). The third-order valence-electron chi connectivity index (χ3n) is 4.24. The van der Waals surface area contributed by atoms with Crippen LogP contribution >= 0.6 is 0 Å². The summed E-state index contributed by atoms with van der Waals surface area (Å²) in [7, 11) is -3.70. The molecular weight excluding hydrogens is 374 g/mol. The second kappa shape index (κ2) is 8.39. The number of sulfone groups is 1. The normalized spacial score (nSPS) is 11.5. The van der Waals surface area contributed by atoms with Gasteiger partial charge in [-0.1, -0.05) is 32.0 Å². The highest BCUT2D eigenvalue weighted by molar-refractivity contribution is 7.91. The second-order valence-corrected chi connectivity index (χ2v) is 8.96. The van der Waals surface area contributed by atoms with E-state index in [0.29, 0.717) is 24.6 Å². The fourth-order valence-electron chi connectivity index (χ4n) is 2.70. The largest absolute Gasteiger partial charge is 0.352 e. The monoisotopic (exact) mass is 397 g/mol. The zero-order valence-electron chi connectivity index (χ0n) is 15.9. The fraction of sp³-hybridized carbons (Fsp3) is 0.238. The molecule has 28 heavy (non-hydrogen) atoms. The molecular formula is C21H23N3O3S. The van der Waals surface area contributed by atoms with Crippen LogP contribution in [0.3, 0.4) is 0 Å². The van der Waals surface area contributed by atoms with Crippen LogP contribution in [0.25, 0.3) is 0 Å². The predicted octanol–water partition coefficient (Wildman–Crippen LogP) is 3.15. The van der Waals surface area contributed by atoms with Gasteiger partial charge in [0.15, 0.2) is 0 Å². The van der Waals surface area contributed by atoms with E-state index in [4.69, 9.17) is 0 Å². The lowest BCUT2D eigenvalue weighted by molar-refractivity contribution is 0.0949. The molecule has 3 rings (SSSR count). The average molecular weight is 398 g/mol. The molecule has 2 aromatic carbocycles. The molecule has 0 saturated heterocycles. The summed E-state index contributed by atoms with van der Waals surface area (Å²) in [5, 5.41) is 2.80. The van der Waals surface area contributed by atoms with Crippen LogP contribution in [0, 0.1) is 5.92 Å². The zero-order valence-corrected chi connectivity index (χ0v) is 16.7. The van der Waals surface area contributed by atoms with E-state index in [1.54, 1.807) is 48.9 Å². The Kier molecular flexibility index (Phi) is 5.94. The number of hydrogen-bond donors (Lipinski definition) is 1. The van der Waals surface area contributed by atoms with Gasteiger partial charge in [-0.3, -0.25) is 4.79 Å². The van der Waals surface area contributed by atoms with Crippen molar-refractivity contribution in [3.8, 4) is 0 Å². The summed E-state index contributed by atoms with van der Waals surface area (Å²) in [6.07, 6.45) is 5.25. The van der Waals surface area contributed by atoms with E-state index in [9.17, 15) is 13.2 Å². The van der Waals surface area contributed by atoms with E-state index < -0.39 is 9.84 Å². The lowest BCUT2D eigenvalue weighted by atomic mass is 10.2. The number of imidazole rings is 1. The molecule has 0 aliphatic rings. The van der Waals surface area contributed by atoms with E-state index >= 15 is 0 Å². The molecule has 0 saturated carbocycles. The van der Waals surface area contributed by atoms with Crippen LogP contribution in [0.1, 0.15) is 29.8 Å². The maximum atomic E-state index is 13.0. The second-order valence-electron chi connectivity index (χ2n) is 7.01. The first-order chi connectivity index (χ1) is 13.4. The number of carbonyl (C=O) groups excluding carboxylic acids is 1. The van der Waals surface area contributed by atoms with Gasteiger partial charge in [0.25, 0.3) is 5.91 Å². The molecule has 1 heterocycles. The molecule has 1 amide bonds. The van der Waals surface area contributed by atoms with Gasteiger partial charge in [0.2, 0.25) is 9.84 Å². The minimum atomic E-state index is -3.70. The molecule has 0 atom stereocenters. The first-order valence-corrected chi connectivity index (χ1v) is 10.5. The van der Waals surface area contributed by atoms with Gasteiger partial charge < -0.3 is 9.88 Å². The minimum Gasteiger partial charge on any atom is -0.352 e. The van der Waals surface area contributed by atoms with Crippen LogP contribution in [0.4, 0.5) is 0 Å². The molecule has 0 bridgehead atoms. The molecule has 1 aromatic heterocycles. The van der Waals surface area contributed by atoms with E-state index in [1.165, 1.54) is 12.1 Å². The van der Waals surface area contributed by atoms with Crippen molar-refractivity contribution in [3.63, 3.8) is 0 Å². The van der Waals surface area contributed by atoms with Gasteiger partial charge in [0.1, 0.15) is 0 Å². The predicted molar refractivity (Wildman–Crippen MR) is 107 cm³/mol. The summed E-state index contributed by atoms with van der Waals surface area (Å²) in [5.41, 5.74) is 1.30. The molecule has 0 radical (unpaired) electrons. The number of amides is 1. The average Bonchev–Trinajstić information content (AvgIpc) is 3.19. The van der Waals surface area contributed by atoms with Crippen molar-refractivity contribution in [2.24, 2.45) is 5.92 Å².